The molecule has 1 aliphatic heterocycles. The standard InChI is InChI=1S/C26H25F3N4O/c1-16-8-10-18(11-9-16)24-17(2)31-33-22(19-5-3-6-20(13-19)26(27,28)29)14-23(30-25(24)33)32-12-4-7-21(32)15-34/h3,5-6,8-11,13-14,21,34H,4,7,12,15H2,1-2H3/t21-/m0/s1. The molecule has 2 aromatic heterocycles. The lowest BCUT2D eigenvalue weighted by molar-refractivity contribution is -0.137. The highest BCUT2D eigenvalue weighted by molar-refractivity contribution is 5.83. The number of aliphatic hydroxyl groups is 1. The molecule has 3 heterocycles. The van der Waals surface area contributed by atoms with E-state index in [-0.39, 0.29) is 12.6 Å². The number of benzene rings is 2. The Morgan fingerprint density at radius 2 is 1.79 bits per heavy atom. The molecular formula is C26H25F3N4O. The van der Waals surface area contributed by atoms with E-state index in [9.17, 15) is 18.3 Å². The number of fused-ring (bicyclic) bond motifs is 1. The largest absolute Gasteiger partial charge is 0.416 e. The molecule has 0 amide bonds. The van der Waals surface area contributed by atoms with Crippen molar-refractivity contribution in [2.45, 2.75) is 38.9 Å². The third kappa shape index (κ3) is 3.92. The van der Waals surface area contributed by atoms with Crippen molar-refractivity contribution < 1.29 is 18.3 Å². The van der Waals surface area contributed by atoms with Gasteiger partial charge in [0.2, 0.25) is 0 Å². The molecule has 1 aliphatic rings. The molecule has 5 nitrogen and oxygen atoms in total. The van der Waals surface area contributed by atoms with E-state index in [0.717, 1.165) is 53.9 Å². The molecule has 0 spiro atoms. The lowest BCUT2D eigenvalue weighted by Crippen LogP contribution is -2.32. The third-order valence-corrected chi connectivity index (χ3v) is 6.46. The molecule has 1 saturated heterocycles. The van der Waals surface area contributed by atoms with Crippen LogP contribution >= 0.6 is 0 Å². The average Bonchev–Trinajstić information content (AvgIpc) is 3.42. The fraction of sp³-hybridized carbons (Fsp3) is 0.308. The molecule has 0 unspecified atom stereocenters. The molecule has 8 heteroatoms. The Morgan fingerprint density at radius 3 is 2.50 bits per heavy atom. The van der Waals surface area contributed by atoms with E-state index in [2.05, 4.69) is 0 Å². The van der Waals surface area contributed by atoms with Gasteiger partial charge in [-0.05, 0) is 44.4 Å². The quantitative estimate of drug-likeness (QED) is 0.422. The van der Waals surface area contributed by atoms with Crippen LogP contribution in [0.3, 0.4) is 0 Å². The van der Waals surface area contributed by atoms with Crippen LogP contribution in [0.5, 0.6) is 0 Å². The maximum atomic E-state index is 13.5. The molecule has 1 atom stereocenters. The summed E-state index contributed by atoms with van der Waals surface area (Å²) in [7, 11) is 0. The van der Waals surface area contributed by atoms with Crippen molar-refractivity contribution in [1.82, 2.24) is 14.6 Å². The number of aliphatic hydroxyl groups excluding tert-OH is 1. The van der Waals surface area contributed by atoms with E-state index in [1.54, 1.807) is 16.6 Å². The van der Waals surface area contributed by atoms with Gasteiger partial charge in [0.1, 0.15) is 5.82 Å². The second-order valence-electron chi connectivity index (χ2n) is 8.81. The second kappa shape index (κ2) is 8.43. The monoisotopic (exact) mass is 466 g/mol. The smallest absolute Gasteiger partial charge is 0.394 e. The highest BCUT2D eigenvalue weighted by Gasteiger charge is 2.31. The average molecular weight is 467 g/mol. The lowest BCUT2D eigenvalue weighted by atomic mass is 10.0. The van der Waals surface area contributed by atoms with Gasteiger partial charge in [0.05, 0.1) is 29.6 Å². The lowest BCUT2D eigenvalue weighted by Gasteiger charge is -2.25. The highest BCUT2D eigenvalue weighted by atomic mass is 19.4. The Bertz CT molecular complexity index is 1340. The molecule has 0 radical (unpaired) electrons. The Balaban J connectivity index is 1.78. The molecule has 4 aromatic rings. The van der Waals surface area contributed by atoms with Gasteiger partial charge in [0, 0.05) is 23.7 Å². The van der Waals surface area contributed by atoms with Gasteiger partial charge in [-0.3, -0.25) is 0 Å². The summed E-state index contributed by atoms with van der Waals surface area (Å²) in [5.74, 6) is 0.629. The Labute approximate surface area is 195 Å². The maximum Gasteiger partial charge on any atom is 0.416 e. The van der Waals surface area contributed by atoms with Crippen molar-refractivity contribution in [3.05, 3.63) is 71.4 Å². The van der Waals surface area contributed by atoms with E-state index in [4.69, 9.17) is 10.1 Å². The SMILES string of the molecule is Cc1ccc(-c2c(C)nn3c(-c4cccc(C(F)(F)F)c4)cc(N4CCC[C@H]4CO)nc23)cc1. The van der Waals surface area contributed by atoms with Crippen molar-refractivity contribution in [2.24, 2.45) is 0 Å². The van der Waals surface area contributed by atoms with Gasteiger partial charge in [-0.1, -0.05) is 42.0 Å². The fourth-order valence-corrected chi connectivity index (χ4v) is 4.70. The fourth-order valence-electron chi connectivity index (χ4n) is 4.70. The first-order chi connectivity index (χ1) is 16.3. The summed E-state index contributed by atoms with van der Waals surface area (Å²) in [6.45, 7) is 4.61. The van der Waals surface area contributed by atoms with Crippen molar-refractivity contribution >= 4 is 11.5 Å². The zero-order chi connectivity index (χ0) is 24.0. The first-order valence-corrected chi connectivity index (χ1v) is 11.3. The molecule has 1 N–H and O–H groups in total. The number of aromatic nitrogens is 3. The molecule has 34 heavy (non-hydrogen) atoms. The number of halogens is 3. The summed E-state index contributed by atoms with van der Waals surface area (Å²) in [5.41, 5.74) is 4.44. The summed E-state index contributed by atoms with van der Waals surface area (Å²) < 4.78 is 42.0. The normalized spacial score (nSPS) is 16.5. The van der Waals surface area contributed by atoms with Crippen molar-refractivity contribution in [3.8, 4) is 22.4 Å². The molecule has 1 fully saturated rings. The number of nitrogens with zero attached hydrogens (tertiary/aromatic N) is 4. The van der Waals surface area contributed by atoms with Crippen LogP contribution in [0.15, 0.2) is 54.6 Å². The minimum absolute atomic E-state index is 0.00510. The minimum Gasteiger partial charge on any atom is -0.394 e. The Hall–Kier alpha value is -3.39. The predicted octanol–water partition coefficient (Wildman–Crippen LogP) is 5.66. The summed E-state index contributed by atoms with van der Waals surface area (Å²) in [5, 5.41) is 14.6. The van der Waals surface area contributed by atoms with Gasteiger partial charge in [0.25, 0.3) is 0 Å². The molecule has 0 bridgehead atoms. The number of hydrogen-bond donors (Lipinski definition) is 1. The van der Waals surface area contributed by atoms with E-state index in [1.807, 2.05) is 43.0 Å². The second-order valence-corrected chi connectivity index (χ2v) is 8.81. The molecule has 2 aromatic carbocycles. The molecule has 0 aliphatic carbocycles. The van der Waals surface area contributed by atoms with Gasteiger partial charge in [0.15, 0.2) is 5.65 Å². The molecular weight excluding hydrogens is 441 g/mol. The minimum atomic E-state index is -4.45. The van der Waals surface area contributed by atoms with Crippen LogP contribution in [-0.2, 0) is 6.18 Å². The van der Waals surface area contributed by atoms with Crippen LogP contribution in [-0.4, -0.2) is 38.9 Å². The van der Waals surface area contributed by atoms with Crippen LogP contribution in [0.2, 0.25) is 0 Å². The highest BCUT2D eigenvalue weighted by Crippen LogP contribution is 2.36. The zero-order valence-electron chi connectivity index (χ0n) is 19.0. The van der Waals surface area contributed by atoms with Gasteiger partial charge in [-0.25, -0.2) is 9.50 Å². The molecule has 5 rings (SSSR count). The Kier molecular flexibility index (Phi) is 5.56. The first-order valence-electron chi connectivity index (χ1n) is 11.3. The van der Waals surface area contributed by atoms with Crippen molar-refractivity contribution in [2.75, 3.05) is 18.1 Å². The van der Waals surface area contributed by atoms with Crippen molar-refractivity contribution in [3.63, 3.8) is 0 Å². The van der Waals surface area contributed by atoms with Gasteiger partial charge >= 0.3 is 6.18 Å². The maximum absolute atomic E-state index is 13.5. The van der Waals surface area contributed by atoms with Crippen LogP contribution in [0.25, 0.3) is 28.0 Å². The van der Waals surface area contributed by atoms with E-state index in [1.165, 1.54) is 6.07 Å². The summed E-state index contributed by atoms with van der Waals surface area (Å²) in [4.78, 5) is 6.97. The number of hydrogen-bond acceptors (Lipinski definition) is 4. The van der Waals surface area contributed by atoms with Gasteiger partial charge in [-0.2, -0.15) is 18.3 Å². The number of anilines is 1. The summed E-state index contributed by atoms with van der Waals surface area (Å²) in [6, 6.07) is 15.0. The van der Waals surface area contributed by atoms with E-state index < -0.39 is 11.7 Å². The van der Waals surface area contributed by atoms with Crippen LogP contribution in [0.4, 0.5) is 19.0 Å². The Morgan fingerprint density at radius 1 is 1.03 bits per heavy atom. The van der Waals surface area contributed by atoms with E-state index in [0.29, 0.717) is 22.7 Å². The zero-order valence-corrected chi connectivity index (χ0v) is 19.0. The first kappa shape index (κ1) is 22.4. The predicted molar refractivity (Wildman–Crippen MR) is 126 cm³/mol. The molecule has 0 saturated carbocycles. The summed E-state index contributed by atoms with van der Waals surface area (Å²) >= 11 is 0. The van der Waals surface area contributed by atoms with E-state index >= 15 is 0 Å². The van der Waals surface area contributed by atoms with Crippen molar-refractivity contribution in [1.29, 1.82) is 0 Å². The number of alkyl halides is 3. The summed E-state index contributed by atoms with van der Waals surface area (Å²) in [6.07, 6.45) is -2.69. The van der Waals surface area contributed by atoms with Crippen LogP contribution in [0.1, 0.15) is 29.7 Å². The topological polar surface area (TPSA) is 53.7 Å². The third-order valence-electron chi connectivity index (χ3n) is 6.46. The number of aryl methyl sites for hydroxylation is 2. The van der Waals surface area contributed by atoms with Gasteiger partial charge < -0.3 is 10.0 Å². The van der Waals surface area contributed by atoms with Crippen LogP contribution < -0.4 is 4.90 Å². The van der Waals surface area contributed by atoms with Crippen LogP contribution in [0, 0.1) is 13.8 Å². The molecule has 176 valence electrons. The van der Waals surface area contributed by atoms with Gasteiger partial charge in [-0.15, -0.1) is 0 Å². The number of rotatable bonds is 4.